The molecular weight excluding hydrogens is 392 g/mol. The highest BCUT2D eigenvalue weighted by molar-refractivity contribution is 5.82. The van der Waals surface area contributed by atoms with Crippen LogP contribution in [0.3, 0.4) is 0 Å². The number of phenolic OH excluding ortho intramolecular Hbond substituents is 1. The number of hydrogen-bond acceptors (Lipinski definition) is 6. The van der Waals surface area contributed by atoms with Gasteiger partial charge in [0, 0.05) is 31.1 Å². The summed E-state index contributed by atoms with van der Waals surface area (Å²) in [7, 11) is 1.48. The molecule has 0 aliphatic heterocycles. The number of aliphatic carboxylic acids is 1. The van der Waals surface area contributed by atoms with E-state index in [0.29, 0.717) is 11.3 Å². The van der Waals surface area contributed by atoms with E-state index in [1.807, 2.05) is 0 Å². The fraction of sp³-hybridized carbons (Fsp3) is 0.476. The highest BCUT2D eigenvalue weighted by Gasteiger charge is 2.25. The Morgan fingerprint density at radius 1 is 1.30 bits per heavy atom. The first kappa shape index (κ1) is 24.8. The molecule has 1 aromatic rings. The molecule has 0 aromatic heterocycles. The number of amides is 2. The summed E-state index contributed by atoms with van der Waals surface area (Å²) in [5.74, 6) is -1.15. The van der Waals surface area contributed by atoms with Gasteiger partial charge in [-0.15, -0.1) is 6.58 Å². The van der Waals surface area contributed by atoms with Gasteiger partial charge in [0.05, 0.1) is 7.11 Å². The fourth-order valence-electron chi connectivity index (χ4n) is 2.55. The van der Waals surface area contributed by atoms with E-state index in [0.717, 1.165) is 0 Å². The van der Waals surface area contributed by atoms with Crippen LogP contribution < -0.4 is 10.1 Å². The molecule has 1 rings (SSSR count). The molecule has 0 saturated carbocycles. The van der Waals surface area contributed by atoms with E-state index >= 15 is 0 Å². The van der Waals surface area contributed by atoms with Gasteiger partial charge in [-0.2, -0.15) is 0 Å². The van der Waals surface area contributed by atoms with Crippen LogP contribution >= 0.6 is 0 Å². The molecule has 0 spiro atoms. The largest absolute Gasteiger partial charge is 0.507 e. The first-order valence-electron chi connectivity index (χ1n) is 9.43. The lowest BCUT2D eigenvalue weighted by molar-refractivity contribution is -0.140. The predicted octanol–water partition coefficient (Wildman–Crippen LogP) is 2.67. The Kier molecular flexibility index (Phi) is 9.16. The molecule has 0 aliphatic rings. The minimum Gasteiger partial charge on any atom is -0.507 e. The van der Waals surface area contributed by atoms with Gasteiger partial charge in [0.25, 0.3) is 0 Å². The van der Waals surface area contributed by atoms with Crippen molar-refractivity contribution in [2.45, 2.75) is 51.8 Å². The maximum absolute atomic E-state index is 12.6. The topological polar surface area (TPSA) is 125 Å². The van der Waals surface area contributed by atoms with Crippen LogP contribution in [0.25, 0.3) is 0 Å². The number of benzene rings is 1. The number of carboxylic acid groups (broad SMARTS) is 1. The standard InChI is InChI=1S/C21H30N2O7/c1-6-11-23(13-14-7-8-15(29-5)12-17(14)24)18(25)10-9-16(19(26)27)22-20(28)30-21(2,3)4/h6-8,12,16,24H,1,9-11,13H2,2-5H3,(H,22,28)(H,26,27). The van der Waals surface area contributed by atoms with Crippen molar-refractivity contribution >= 4 is 18.0 Å². The summed E-state index contributed by atoms with van der Waals surface area (Å²) in [5.41, 5.74) is -0.267. The van der Waals surface area contributed by atoms with Gasteiger partial charge in [0.15, 0.2) is 0 Å². The Labute approximate surface area is 176 Å². The minimum atomic E-state index is -1.27. The third kappa shape index (κ3) is 8.42. The number of ether oxygens (including phenoxy) is 2. The van der Waals surface area contributed by atoms with E-state index in [4.69, 9.17) is 9.47 Å². The molecule has 166 valence electrons. The maximum Gasteiger partial charge on any atom is 0.408 e. The van der Waals surface area contributed by atoms with Crippen LogP contribution in [-0.4, -0.2) is 58.4 Å². The second-order valence-electron chi connectivity index (χ2n) is 7.63. The van der Waals surface area contributed by atoms with Gasteiger partial charge in [-0.05, 0) is 39.3 Å². The fourth-order valence-corrected chi connectivity index (χ4v) is 2.55. The molecule has 3 N–H and O–H groups in total. The average Bonchev–Trinajstić information content (AvgIpc) is 2.64. The Hall–Kier alpha value is -3.23. The monoisotopic (exact) mass is 422 g/mol. The molecule has 1 unspecified atom stereocenters. The average molecular weight is 422 g/mol. The molecule has 1 atom stereocenters. The molecule has 0 aliphatic carbocycles. The highest BCUT2D eigenvalue weighted by atomic mass is 16.6. The minimum absolute atomic E-state index is 0.0220. The quantitative estimate of drug-likeness (QED) is 0.495. The number of nitrogens with one attached hydrogen (secondary N) is 1. The van der Waals surface area contributed by atoms with Gasteiger partial charge < -0.3 is 29.9 Å². The van der Waals surface area contributed by atoms with Gasteiger partial charge in [-0.25, -0.2) is 9.59 Å². The van der Waals surface area contributed by atoms with Gasteiger partial charge in [0.2, 0.25) is 5.91 Å². The Balaban J connectivity index is 2.77. The molecule has 9 nitrogen and oxygen atoms in total. The summed E-state index contributed by atoms with van der Waals surface area (Å²) in [6.07, 6.45) is 0.424. The summed E-state index contributed by atoms with van der Waals surface area (Å²) in [5, 5.41) is 21.7. The zero-order valence-corrected chi connectivity index (χ0v) is 17.8. The Bertz CT molecular complexity index is 771. The van der Waals surface area contributed by atoms with E-state index in [1.54, 1.807) is 32.9 Å². The van der Waals surface area contributed by atoms with Crippen molar-refractivity contribution in [3.63, 3.8) is 0 Å². The smallest absolute Gasteiger partial charge is 0.408 e. The molecule has 0 saturated heterocycles. The number of carbonyl (C=O) groups is 3. The Morgan fingerprint density at radius 3 is 2.47 bits per heavy atom. The summed E-state index contributed by atoms with van der Waals surface area (Å²) in [4.78, 5) is 37.4. The van der Waals surface area contributed by atoms with Crippen LogP contribution in [0.5, 0.6) is 11.5 Å². The van der Waals surface area contributed by atoms with Crippen molar-refractivity contribution < 1.29 is 34.1 Å². The number of phenols is 1. The van der Waals surface area contributed by atoms with Crippen LogP contribution in [-0.2, 0) is 20.9 Å². The van der Waals surface area contributed by atoms with E-state index in [-0.39, 0.29) is 37.6 Å². The second kappa shape index (κ2) is 11.1. The summed E-state index contributed by atoms with van der Waals surface area (Å²) in [6.45, 7) is 8.93. The lowest BCUT2D eigenvalue weighted by atomic mass is 10.1. The van der Waals surface area contributed by atoms with Crippen LogP contribution in [0.1, 0.15) is 39.2 Å². The van der Waals surface area contributed by atoms with Gasteiger partial charge in [-0.1, -0.05) is 6.08 Å². The number of hydrogen-bond donors (Lipinski definition) is 3. The maximum atomic E-state index is 12.6. The van der Waals surface area contributed by atoms with E-state index in [9.17, 15) is 24.6 Å². The van der Waals surface area contributed by atoms with Crippen LogP contribution in [0.4, 0.5) is 4.79 Å². The number of nitrogens with zero attached hydrogens (tertiary/aromatic N) is 1. The lowest BCUT2D eigenvalue weighted by Crippen LogP contribution is -2.44. The van der Waals surface area contributed by atoms with Crippen molar-refractivity contribution in [3.8, 4) is 11.5 Å². The zero-order chi connectivity index (χ0) is 22.9. The van der Waals surface area contributed by atoms with E-state index in [2.05, 4.69) is 11.9 Å². The summed E-state index contributed by atoms with van der Waals surface area (Å²) in [6, 6.07) is 3.47. The third-order valence-corrected chi connectivity index (χ3v) is 3.99. The number of aromatic hydroxyl groups is 1. The van der Waals surface area contributed by atoms with E-state index < -0.39 is 23.7 Å². The first-order valence-corrected chi connectivity index (χ1v) is 9.43. The molecule has 0 fully saturated rings. The molecule has 9 heteroatoms. The van der Waals surface area contributed by atoms with Gasteiger partial charge in [-0.3, -0.25) is 4.79 Å². The van der Waals surface area contributed by atoms with Crippen molar-refractivity contribution in [1.82, 2.24) is 10.2 Å². The number of methoxy groups -OCH3 is 1. The molecule has 2 amide bonds. The second-order valence-corrected chi connectivity index (χ2v) is 7.63. The molecule has 1 aromatic carbocycles. The van der Waals surface area contributed by atoms with Crippen molar-refractivity contribution in [2.75, 3.05) is 13.7 Å². The number of rotatable bonds is 10. The van der Waals surface area contributed by atoms with Gasteiger partial charge >= 0.3 is 12.1 Å². The normalized spacial score (nSPS) is 11.9. The van der Waals surface area contributed by atoms with Crippen molar-refractivity contribution in [1.29, 1.82) is 0 Å². The van der Waals surface area contributed by atoms with Crippen LogP contribution in [0, 0.1) is 0 Å². The Morgan fingerprint density at radius 2 is 1.97 bits per heavy atom. The first-order chi connectivity index (χ1) is 14.0. The molecular formula is C21H30N2O7. The van der Waals surface area contributed by atoms with E-state index in [1.165, 1.54) is 24.2 Å². The summed E-state index contributed by atoms with van der Waals surface area (Å²) >= 11 is 0. The van der Waals surface area contributed by atoms with Crippen molar-refractivity contribution in [3.05, 3.63) is 36.4 Å². The highest BCUT2D eigenvalue weighted by Crippen LogP contribution is 2.25. The zero-order valence-electron chi connectivity index (χ0n) is 17.8. The SMILES string of the molecule is C=CCN(Cc1ccc(OC)cc1O)C(=O)CCC(NC(=O)OC(C)(C)C)C(=O)O. The van der Waals surface area contributed by atoms with Crippen molar-refractivity contribution in [2.24, 2.45) is 0 Å². The molecule has 30 heavy (non-hydrogen) atoms. The number of carbonyl (C=O) groups excluding carboxylic acids is 2. The molecule has 0 radical (unpaired) electrons. The number of alkyl carbamates (subject to hydrolysis) is 1. The number of carboxylic acids is 1. The van der Waals surface area contributed by atoms with Crippen LogP contribution in [0.2, 0.25) is 0 Å². The molecule has 0 bridgehead atoms. The molecule has 0 heterocycles. The third-order valence-electron chi connectivity index (χ3n) is 3.99. The van der Waals surface area contributed by atoms with Crippen LogP contribution in [0.15, 0.2) is 30.9 Å². The van der Waals surface area contributed by atoms with Gasteiger partial charge in [0.1, 0.15) is 23.1 Å². The predicted molar refractivity (Wildman–Crippen MR) is 110 cm³/mol. The summed E-state index contributed by atoms with van der Waals surface area (Å²) < 4.78 is 10.1. The lowest BCUT2D eigenvalue weighted by Gasteiger charge is -2.24.